The van der Waals surface area contributed by atoms with Gasteiger partial charge in [0, 0.05) is 6.42 Å². The van der Waals surface area contributed by atoms with Crippen molar-refractivity contribution in [1.29, 1.82) is 0 Å². The van der Waals surface area contributed by atoms with Crippen molar-refractivity contribution in [3.63, 3.8) is 0 Å². The van der Waals surface area contributed by atoms with Crippen LogP contribution >= 0.6 is 0 Å². The molecule has 0 heterocycles. The fourth-order valence-electron chi connectivity index (χ4n) is 1.54. The van der Waals surface area contributed by atoms with Crippen LogP contribution in [0.4, 0.5) is 0 Å². The highest BCUT2D eigenvalue weighted by Gasteiger charge is 2.25. The predicted molar refractivity (Wildman–Crippen MR) is 77.4 cm³/mol. The van der Waals surface area contributed by atoms with Crippen LogP contribution in [-0.2, 0) is 24.0 Å². The fraction of sp³-hybridized carbons (Fsp3) is 0.583. The van der Waals surface area contributed by atoms with E-state index in [0.717, 1.165) is 0 Å². The van der Waals surface area contributed by atoms with E-state index in [1.165, 1.54) is 6.92 Å². The molecule has 0 rings (SSSR count). The first-order valence-corrected chi connectivity index (χ1v) is 6.70. The fourth-order valence-corrected chi connectivity index (χ4v) is 1.54. The van der Waals surface area contributed by atoms with Crippen molar-refractivity contribution in [2.24, 2.45) is 17.2 Å². The topological polar surface area (TPSA) is 208 Å². The highest BCUT2D eigenvalue weighted by atomic mass is 16.4. The van der Waals surface area contributed by atoms with Crippen molar-refractivity contribution in [3.8, 4) is 0 Å². The molecule has 9 N–H and O–H groups in total. The number of aliphatic carboxylic acids is 1. The number of carbonyl (C=O) groups excluding carboxylic acids is 4. The lowest BCUT2D eigenvalue weighted by Crippen LogP contribution is -2.53. The zero-order valence-corrected chi connectivity index (χ0v) is 12.6. The molecule has 0 aliphatic rings. The maximum Gasteiger partial charge on any atom is 0.326 e. The molecule has 0 fully saturated rings. The molecule has 0 bridgehead atoms. The van der Waals surface area contributed by atoms with E-state index in [-0.39, 0.29) is 12.8 Å². The number of hydrogen-bond donors (Lipinski definition) is 6. The minimum atomic E-state index is -1.34. The van der Waals surface area contributed by atoms with E-state index in [2.05, 4.69) is 10.6 Å². The number of nitrogens with two attached hydrogens (primary N) is 3. The van der Waals surface area contributed by atoms with Crippen molar-refractivity contribution in [2.75, 3.05) is 0 Å². The molecule has 4 amide bonds. The molecule has 11 heteroatoms. The van der Waals surface area contributed by atoms with Gasteiger partial charge in [-0.15, -0.1) is 0 Å². The Morgan fingerprint density at radius 2 is 1.57 bits per heavy atom. The molecule has 0 aliphatic heterocycles. The van der Waals surface area contributed by atoms with Gasteiger partial charge in [-0.1, -0.05) is 0 Å². The van der Waals surface area contributed by atoms with Gasteiger partial charge in [-0.25, -0.2) is 4.79 Å². The molecule has 11 nitrogen and oxygen atoms in total. The van der Waals surface area contributed by atoms with Crippen molar-refractivity contribution < 1.29 is 29.1 Å². The SMILES string of the molecule is CC(NC(=O)C(N)CC(N)=O)C(=O)NC(CCC(N)=O)C(=O)O. The summed E-state index contributed by atoms with van der Waals surface area (Å²) in [6, 6.07) is -3.64. The van der Waals surface area contributed by atoms with Crippen LogP contribution in [0.15, 0.2) is 0 Å². The van der Waals surface area contributed by atoms with Crippen LogP contribution in [0.2, 0.25) is 0 Å². The Kier molecular flexibility index (Phi) is 8.26. The van der Waals surface area contributed by atoms with E-state index in [9.17, 15) is 24.0 Å². The summed E-state index contributed by atoms with van der Waals surface area (Å²) >= 11 is 0. The smallest absolute Gasteiger partial charge is 0.326 e. The minimum Gasteiger partial charge on any atom is -0.480 e. The minimum absolute atomic E-state index is 0.182. The lowest BCUT2D eigenvalue weighted by molar-refractivity contribution is -0.142. The summed E-state index contributed by atoms with van der Waals surface area (Å²) in [6.07, 6.45) is -0.795. The third-order valence-corrected chi connectivity index (χ3v) is 2.80. The number of hydrogen-bond acceptors (Lipinski definition) is 6. The number of rotatable bonds is 10. The number of carbonyl (C=O) groups is 5. The Hall–Kier alpha value is -2.69. The van der Waals surface area contributed by atoms with Crippen LogP contribution in [0.1, 0.15) is 26.2 Å². The maximum atomic E-state index is 11.8. The van der Waals surface area contributed by atoms with Gasteiger partial charge in [-0.05, 0) is 13.3 Å². The number of carboxylic acid groups (broad SMARTS) is 1. The highest BCUT2D eigenvalue weighted by Crippen LogP contribution is 1.99. The molecule has 3 unspecified atom stereocenters. The van der Waals surface area contributed by atoms with Crippen LogP contribution in [0.25, 0.3) is 0 Å². The van der Waals surface area contributed by atoms with Crippen LogP contribution < -0.4 is 27.8 Å². The number of amides is 4. The quantitative estimate of drug-likeness (QED) is 0.238. The molecular weight excluding hydrogens is 310 g/mol. The van der Waals surface area contributed by atoms with Gasteiger partial charge in [0.1, 0.15) is 12.1 Å². The van der Waals surface area contributed by atoms with Gasteiger partial charge in [-0.3, -0.25) is 19.2 Å². The summed E-state index contributed by atoms with van der Waals surface area (Å²) in [5, 5.41) is 13.3. The average molecular weight is 331 g/mol. The van der Waals surface area contributed by atoms with E-state index in [0.29, 0.717) is 0 Å². The first-order chi connectivity index (χ1) is 10.5. The van der Waals surface area contributed by atoms with Crippen molar-refractivity contribution in [3.05, 3.63) is 0 Å². The molecule has 0 saturated carbocycles. The zero-order valence-electron chi connectivity index (χ0n) is 12.6. The van der Waals surface area contributed by atoms with Gasteiger partial charge in [-0.2, -0.15) is 0 Å². The van der Waals surface area contributed by atoms with E-state index < -0.39 is 54.1 Å². The summed E-state index contributed by atoms with van der Waals surface area (Å²) < 4.78 is 0. The summed E-state index contributed by atoms with van der Waals surface area (Å²) in [6.45, 7) is 1.30. The summed E-state index contributed by atoms with van der Waals surface area (Å²) in [7, 11) is 0. The number of primary amides is 2. The number of carboxylic acids is 1. The molecule has 0 aromatic carbocycles. The van der Waals surface area contributed by atoms with Crippen molar-refractivity contribution >= 4 is 29.6 Å². The predicted octanol–water partition coefficient (Wildman–Crippen LogP) is -3.47. The van der Waals surface area contributed by atoms with Gasteiger partial charge in [0.05, 0.1) is 12.5 Å². The molecular formula is C12H21N5O6. The van der Waals surface area contributed by atoms with Crippen molar-refractivity contribution in [2.45, 2.75) is 44.3 Å². The average Bonchev–Trinajstić information content (AvgIpc) is 2.41. The molecule has 0 spiro atoms. The molecule has 23 heavy (non-hydrogen) atoms. The van der Waals surface area contributed by atoms with Crippen LogP contribution in [0.3, 0.4) is 0 Å². The number of nitrogens with one attached hydrogen (secondary N) is 2. The Labute approximate surface area is 131 Å². The van der Waals surface area contributed by atoms with E-state index in [1.807, 2.05) is 0 Å². The normalized spacial score (nSPS) is 14.2. The van der Waals surface area contributed by atoms with Crippen LogP contribution in [0, 0.1) is 0 Å². The summed E-state index contributed by atoms with van der Waals surface area (Å²) in [5.41, 5.74) is 15.2. The Morgan fingerprint density at radius 1 is 1.00 bits per heavy atom. The van der Waals surface area contributed by atoms with Gasteiger partial charge in [0.25, 0.3) is 0 Å². The molecule has 0 aliphatic carbocycles. The first-order valence-electron chi connectivity index (χ1n) is 6.70. The molecule has 0 aromatic rings. The molecule has 3 atom stereocenters. The third kappa shape index (κ3) is 8.36. The highest BCUT2D eigenvalue weighted by molar-refractivity contribution is 5.93. The molecule has 0 saturated heterocycles. The Bertz CT molecular complexity index is 494. The summed E-state index contributed by atoms with van der Waals surface area (Å²) in [5.74, 6) is -4.40. The van der Waals surface area contributed by atoms with Gasteiger partial charge in [0.15, 0.2) is 0 Å². The lowest BCUT2D eigenvalue weighted by Gasteiger charge is -2.19. The lowest BCUT2D eigenvalue weighted by atomic mass is 10.1. The second kappa shape index (κ2) is 9.35. The second-order valence-electron chi connectivity index (χ2n) is 4.91. The first kappa shape index (κ1) is 20.3. The van der Waals surface area contributed by atoms with Crippen LogP contribution in [-0.4, -0.2) is 52.8 Å². The van der Waals surface area contributed by atoms with E-state index >= 15 is 0 Å². The van der Waals surface area contributed by atoms with Gasteiger partial charge in [0.2, 0.25) is 23.6 Å². The monoisotopic (exact) mass is 331 g/mol. The molecule has 0 aromatic heterocycles. The second-order valence-corrected chi connectivity index (χ2v) is 4.91. The standard InChI is InChI=1S/C12H21N5O6/c1-5(16-11(21)6(13)4-9(15)19)10(20)17-7(12(22)23)2-3-8(14)18/h5-7H,2-4,13H2,1H3,(H2,14,18)(H2,15,19)(H,16,21)(H,17,20)(H,22,23). The largest absolute Gasteiger partial charge is 0.480 e. The Balaban J connectivity index is 4.56. The van der Waals surface area contributed by atoms with Gasteiger partial charge >= 0.3 is 5.97 Å². The maximum absolute atomic E-state index is 11.8. The van der Waals surface area contributed by atoms with E-state index in [4.69, 9.17) is 22.3 Å². The Morgan fingerprint density at radius 3 is 2.00 bits per heavy atom. The van der Waals surface area contributed by atoms with Gasteiger partial charge < -0.3 is 32.9 Å². The van der Waals surface area contributed by atoms with Crippen molar-refractivity contribution in [1.82, 2.24) is 10.6 Å². The third-order valence-electron chi connectivity index (χ3n) is 2.80. The zero-order chi connectivity index (χ0) is 18.2. The molecule has 130 valence electrons. The van der Waals surface area contributed by atoms with Crippen LogP contribution in [0.5, 0.6) is 0 Å². The van der Waals surface area contributed by atoms with E-state index in [1.54, 1.807) is 0 Å². The molecule has 0 radical (unpaired) electrons. The summed E-state index contributed by atoms with van der Waals surface area (Å²) in [4.78, 5) is 55.8.